The number of rotatable bonds is 15. The van der Waals surface area contributed by atoms with E-state index in [1.165, 1.54) is 64.5 Å². The molecule has 3 N–H and O–H groups in total. The van der Waals surface area contributed by atoms with Crippen LogP contribution in [0.2, 0.25) is 0 Å². The van der Waals surface area contributed by atoms with Gasteiger partial charge in [0, 0.05) is 19.4 Å². The third-order valence-electron chi connectivity index (χ3n) is 7.38. The Morgan fingerprint density at radius 1 is 0.865 bits per heavy atom. The fraction of sp³-hybridized carbons (Fsp3) is 0.474. The lowest BCUT2D eigenvalue weighted by atomic mass is 10.0. The molecule has 14 nitrogen and oxygen atoms in total. The first-order valence-corrected chi connectivity index (χ1v) is 16.7. The average Bonchev–Trinajstić information content (AvgIpc) is 3.40. The largest absolute Gasteiger partial charge is 0.504 e. The quantitative estimate of drug-likeness (QED) is 0.0773. The Morgan fingerprint density at radius 3 is 2.06 bits per heavy atom. The second kappa shape index (κ2) is 19.3. The number of ketones is 2. The van der Waals surface area contributed by atoms with Crippen LogP contribution in [0.4, 0.5) is 0 Å². The predicted octanol–water partition coefficient (Wildman–Crippen LogP) is 4.30. The lowest BCUT2D eigenvalue weighted by Crippen LogP contribution is -2.45. The number of phenols is 1. The molecule has 4 rings (SSSR count). The average molecular weight is 729 g/mol. The minimum absolute atomic E-state index is 0.0195. The molecule has 0 amide bonds. The van der Waals surface area contributed by atoms with Gasteiger partial charge in [-0.3, -0.25) is 19.2 Å². The van der Waals surface area contributed by atoms with Gasteiger partial charge in [-0.1, -0.05) is 24.3 Å². The molecule has 0 aromatic heterocycles. The summed E-state index contributed by atoms with van der Waals surface area (Å²) in [4.78, 5) is 49.3. The zero-order chi connectivity index (χ0) is 38.5. The first kappa shape index (κ1) is 41.8. The van der Waals surface area contributed by atoms with Gasteiger partial charge >= 0.3 is 11.9 Å². The minimum Gasteiger partial charge on any atom is -0.504 e. The van der Waals surface area contributed by atoms with Crippen LogP contribution in [-0.2, 0) is 38.1 Å². The summed E-state index contributed by atoms with van der Waals surface area (Å²) in [6, 6.07) is 9.37. The molecule has 2 heterocycles. The molecule has 0 bridgehead atoms. The number of benzene rings is 2. The normalized spacial score (nSPS) is 19.3. The molecule has 3 unspecified atom stereocenters. The summed E-state index contributed by atoms with van der Waals surface area (Å²) in [6.45, 7) is 6.80. The maximum Gasteiger partial charge on any atom is 0.311 e. The number of methoxy groups -OCH3 is 2. The van der Waals surface area contributed by atoms with Crippen molar-refractivity contribution in [1.29, 1.82) is 0 Å². The number of ether oxygens (including phenoxy) is 7. The van der Waals surface area contributed by atoms with Crippen LogP contribution in [0.25, 0.3) is 12.2 Å². The number of allylic oxidation sites excluding steroid dienone is 2. The van der Waals surface area contributed by atoms with Gasteiger partial charge in [0.05, 0.1) is 26.7 Å². The smallest absolute Gasteiger partial charge is 0.311 e. The van der Waals surface area contributed by atoms with E-state index in [1.54, 1.807) is 24.3 Å². The summed E-state index contributed by atoms with van der Waals surface area (Å²) in [5, 5.41) is 25.8. The first-order valence-electron chi connectivity index (χ1n) is 16.7. The lowest BCUT2D eigenvalue weighted by Gasteiger charge is -2.31. The summed E-state index contributed by atoms with van der Waals surface area (Å²) in [7, 11) is 2.84. The van der Waals surface area contributed by atoms with Gasteiger partial charge < -0.3 is 48.5 Å². The maximum absolute atomic E-state index is 12.5. The topological polar surface area (TPSA) is 194 Å². The molecule has 2 fully saturated rings. The molecule has 14 heteroatoms. The summed E-state index contributed by atoms with van der Waals surface area (Å²) in [5.41, 5.74) is 1.22. The van der Waals surface area contributed by atoms with E-state index < -0.39 is 41.2 Å². The molecular weight excluding hydrogens is 680 g/mol. The first-order chi connectivity index (χ1) is 24.5. The Balaban J connectivity index is 0.00000136. The van der Waals surface area contributed by atoms with E-state index in [9.17, 15) is 24.3 Å². The van der Waals surface area contributed by atoms with Crippen molar-refractivity contribution in [2.24, 2.45) is 0 Å². The molecule has 2 saturated heterocycles. The number of fused-ring (bicyclic) bond motifs is 1. The fourth-order valence-corrected chi connectivity index (χ4v) is 5.11. The van der Waals surface area contributed by atoms with Gasteiger partial charge in [-0.15, -0.1) is 0 Å². The number of esters is 2. The molecule has 284 valence electrons. The van der Waals surface area contributed by atoms with Crippen molar-refractivity contribution in [2.75, 3.05) is 27.4 Å². The van der Waals surface area contributed by atoms with E-state index in [-0.39, 0.29) is 67.5 Å². The maximum atomic E-state index is 12.5. The molecule has 2 aromatic rings. The van der Waals surface area contributed by atoms with Crippen LogP contribution in [0.5, 0.6) is 23.0 Å². The number of hydrogen-bond acceptors (Lipinski definition) is 14. The van der Waals surface area contributed by atoms with Crippen LogP contribution in [0.15, 0.2) is 48.6 Å². The SMILES string of the molecule is CC(C)(O)O.COc1cc(/C=C/C(=O)CC(=O)/C=C/c2ccc(OC(=O)CCCC(=O)OCC3OCCC4OC(C)(C)OC34)c(OC)c2)ccc1O. The van der Waals surface area contributed by atoms with Crippen molar-refractivity contribution in [1.82, 2.24) is 0 Å². The molecule has 52 heavy (non-hydrogen) atoms. The van der Waals surface area contributed by atoms with Crippen molar-refractivity contribution in [3.8, 4) is 23.0 Å². The molecule has 3 atom stereocenters. The summed E-state index contributed by atoms with van der Waals surface area (Å²) in [6.07, 6.45) is 5.41. The van der Waals surface area contributed by atoms with Crippen molar-refractivity contribution >= 4 is 35.7 Å². The van der Waals surface area contributed by atoms with E-state index in [4.69, 9.17) is 43.4 Å². The number of hydrogen-bond donors (Lipinski definition) is 3. The highest BCUT2D eigenvalue weighted by atomic mass is 16.8. The van der Waals surface area contributed by atoms with Crippen molar-refractivity contribution in [3.05, 3.63) is 59.7 Å². The Kier molecular flexibility index (Phi) is 15.5. The van der Waals surface area contributed by atoms with E-state index in [2.05, 4.69) is 0 Å². The van der Waals surface area contributed by atoms with Crippen molar-refractivity contribution in [3.63, 3.8) is 0 Å². The second-order valence-corrected chi connectivity index (χ2v) is 13.0. The van der Waals surface area contributed by atoms with Gasteiger partial charge in [0.1, 0.15) is 18.8 Å². The second-order valence-electron chi connectivity index (χ2n) is 13.0. The summed E-state index contributed by atoms with van der Waals surface area (Å²) >= 11 is 0. The number of aliphatic hydroxyl groups is 2. The Bertz CT molecular complexity index is 1600. The van der Waals surface area contributed by atoms with Crippen LogP contribution in [0.1, 0.15) is 70.9 Å². The van der Waals surface area contributed by atoms with Crippen LogP contribution in [-0.4, -0.2) is 96.1 Å². The van der Waals surface area contributed by atoms with Gasteiger partial charge in [0.25, 0.3) is 0 Å². The van der Waals surface area contributed by atoms with Crippen molar-refractivity contribution < 1.29 is 67.7 Å². The van der Waals surface area contributed by atoms with Crippen LogP contribution in [0, 0.1) is 0 Å². The van der Waals surface area contributed by atoms with E-state index in [0.29, 0.717) is 24.2 Å². The molecule has 2 aromatic carbocycles. The Morgan fingerprint density at radius 2 is 1.44 bits per heavy atom. The van der Waals surface area contributed by atoms with Gasteiger partial charge in [-0.25, -0.2) is 0 Å². The van der Waals surface area contributed by atoms with Crippen LogP contribution >= 0.6 is 0 Å². The van der Waals surface area contributed by atoms with Gasteiger partial charge in [-0.2, -0.15) is 0 Å². The molecular formula is C38H48O14. The molecule has 2 aliphatic rings. The highest BCUT2D eigenvalue weighted by Crippen LogP contribution is 2.35. The monoisotopic (exact) mass is 728 g/mol. The van der Waals surface area contributed by atoms with Crippen LogP contribution in [0.3, 0.4) is 0 Å². The van der Waals surface area contributed by atoms with Crippen LogP contribution < -0.4 is 14.2 Å². The number of aromatic hydroxyl groups is 1. The fourth-order valence-electron chi connectivity index (χ4n) is 5.11. The van der Waals surface area contributed by atoms with Crippen molar-refractivity contribution in [2.45, 2.75) is 89.7 Å². The number of carbonyl (C=O) groups is 4. The standard InChI is InChI=1S/C35H40O12.C3H8O2/c1-35(2)46-28-16-17-43-31(34(28)47-35)21-44-32(39)6-5-7-33(40)45-27-15-11-23(19-30(27)42-4)9-13-25(37)20-24(36)12-8-22-10-14-26(38)29(18-22)41-3;1-3(2,4)5/h8-15,18-19,28,31,34,38H,5-7,16-17,20-21H2,1-4H3;4-5H,1-2H3/b12-8+,13-9+;. The number of carbonyl (C=O) groups excluding carboxylic acids is 4. The van der Waals surface area contributed by atoms with E-state index in [1.807, 2.05) is 13.8 Å². The molecule has 0 aliphatic carbocycles. The Labute approximate surface area is 302 Å². The third-order valence-corrected chi connectivity index (χ3v) is 7.38. The Hall–Kier alpha value is -4.60. The third kappa shape index (κ3) is 14.6. The highest BCUT2D eigenvalue weighted by molar-refractivity contribution is 6.10. The van der Waals surface area contributed by atoms with Gasteiger partial charge in [0.2, 0.25) is 0 Å². The van der Waals surface area contributed by atoms with E-state index >= 15 is 0 Å². The zero-order valence-corrected chi connectivity index (χ0v) is 30.3. The molecule has 0 saturated carbocycles. The number of phenolic OH excluding ortho intramolecular Hbond substituents is 1. The summed E-state index contributed by atoms with van der Waals surface area (Å²) in [5.74, 6) is -3.32. The van der Waals surface area contributed by atoms with Gasteiger partial charge in [-0.05, 0) is 88.1 Å². The van der Waals surface area contributed by atoms with Gasteiger partial charge in [0.15, 0.2) is 46.1 Å². The summed E-state index contributed by atoms with van der Waals surface area (Å²) < 4.78 is 38.7. The molecule has 0 radical (unpaired) electrons. The predicted molar refractivity (Wildman–Crippen MR) is 187 cm³/mol. The minimum atomic E-state index is -1.50. The molecule has 2 aliphatic heterocycles. The molecule has 0 spiro atoms. The lowest BCUT2D eigenvalue weighted by molar-refractivity contribution is -0.167. The highest BCUT2D eigenvalue weighted by Gasteiger charge is 2.48. The zero-order valence-electron chi connectivity index (χ0n) is 30.3. The van der Waals surface area contributed by atoms with E-state index in [0.717, 1.165) is 0 Å².